The molecule has 21 heavy (non-hydrogen) atoms. The lowest BCUT2D eigenvalue weighted by atomic mass is 10.0. The van der Waals surface area contributed by atoms with E-state index in [4.69, 9.17) is 0 Å². The molecule has 0 atom stereocenters. The number of Topliss-reactive ketones (excluding diaryl/α,β-unsaturated/α-hetero) is 1. The number of H-pyrrole nitrogens is 2. The van der Waals surface area contributed by atoms with Crippen molar-refractivity contribution < 1.29 is 4.79 Å². The topological polar surface area (TPSA) is 82.8 Å². The van der Waals surface area contributed by atoms with E-state index in [0.717, 1.165) is 5.56 Å². The van der Waals surface area contributed by atoms with Crippen LogP contribution in [-0.2, 0) is 6.42 Å². The Hall–Kier alpha value is -2.95. The van der Waals surface area contributed by atoms with E-state index in [1.807, 2.05) is 30.3 Å². The fraction of sp³-hybridized carbons (Fsp3) is 0.0625. The third kappa shape index (κ3) is 2.67. The zero-order valence-electron chi connectivity index (χ0n) is 11.1. The summed E-state index contributed by atoms with van der Waals surface area (Å²) in [6.45, 7) is 0. The number of hydrogen-bond donors (Lipinski definition) is 2. The molecule has 3 aromatic rings. The quantitative estimate of drug-likeness (QED) is 0.565. The first-order valence-electron chi connectivity index (χ1n) is 6.47. The second-order valence-electron chi connectivity index (χ2n) is 4.75. The van der Waals surface area contributed by atoms with Crippen LogP contribution in [0.1, 0.15) is 15.9 Å². The van der Waals surface area contributed by atoms with Crippen LogP contribution < -0.4 is 11.1 Å². The largest absolute Gasteiger partial charge is 0.316 e. The van der Waals surface area contributed by atoms with Gasteiger partial charge in [0.15, 0.2) is 5.78 Å². The van der Waals surface area contributed by atoms with E-state index in [0.29, 0.717) is 23.0 Å². The molecule has 0 saturated heterocycles. The number of benzene rings is 2. The molecule has 1 aromatic heterocycles. The third-order valence-corrected chi connectivity index (χ3v) is 3.25. The number of nitrogens with one attached hydrogen (secondary N) is 2. The molecule has 0 aliphatic carbocycles. The van der Waals surface area contributed by atoms with Crippen LogP contribution in [0.2, 0.25) is 0 Å². The Morgan fingerprint density at radius 3 is 2.24 bits per heavy atom. The number of aromatic amines is 2. The smallest absolute Gasteiger partial charge is 0.314 e. The van der Waals surface area contributed by atoms with Gasteiger partial charge in [0.05, 0.1) is 11.0 Å². The number of carbonyl (C=O) groups is 1. The number of rotatable bonds is 3. The van der Waals surface area contributed by atoms with Crippen LogP contribution in [0.3, 0.4) is 0 Å². The summed E-state index contributed by atoms with van der Waals surface area (Å²) in [6, 6.07) is 14.3. The van der Waals surface area contributed by atoms with Gasteiger partial charge in [-0.25, -0.2) is 0 Å². The molecule has 0 spiro atoms. The fourth-order valence-corrected chi connectivity index (χ4v) is 2.17. The molecule has 0 amide bonds. The van der Waals surface area contributed by atoms with Crippen molar-refractivity contribution in [3.63, 3.8) is 0 Å². The number of fused-ring (bicyclic) bond motifs is 1. The molecule has 2 N–H and O–H groups in total. The van der Waals surface area contributed by atoms with Crippen molar-refractivity contribution in [3.05, 3.63) is 80.4 Å². The van der Waals surface area contributed by atoms with Crippen LogP contribution in [0.5, 0.6) is 0 Å². The van der Waals surface area contributed by atoms with Crippen LogP contribution in [0, 0.1) is 0 Å². The zero-order chi connectivity index (χ0) is 14.8. The van der Waals surface area contributed by atoms with E-state index in [1.165, 1.54) is 0 Å². The molecule has 5 nitrogen and oxygen atoms in total. The summed E-state index contributed by atoms with van der Waals surface area (Å²) in [5.41, 5.74) is 0.932. The van der Waals surface area contributed by atoms with E-state index in [9.17, 15) is 14.4 Å². The molecule has 2 aromatic carbocycles. The molecule has 0 aliphatic heterocycles. The summed E-state index contributed by atoms with van der Waals surface area (Å²) >= 11 is 0. The minimum absolute atomic E-state index is 0.0462. The molecule has 3 rings (SSSR count). The second kappa shape index (κ2) is 5.20. The highest BCUT2D eigenvalue weighted by molar-refractivity contribution is 5.99. The van der Waals surface area contributed by atoms with Crippen molar-refractivity contribution in [1.82, 2.24) is 9.97 Å². The summed E-state index contributed by atoms with van der Waals surface area (Å²) in [6.07, 6.45) is 0.292. The van der Waals surface area contributed by atoms with Gasteiger partial charge in [-0.15, -0.1) is 0 Å². The first kappa shape index (κ1) is 13.1. The zero-order valence-corrected chi connectivity index (χ0v) is 11.1. The molecule has 0 aliphatic rings. The highest BCUT2D eigenvalue weighted by atomic mass is 16.2. The maximum atomic E-state index is 12.2. The van der Waals surface area contributed by atoms with Crippen molar-refractivity contribution in [2.75, 3.05) is 0 Å². The Balaban J connectivity index is 1.97. The Morgan fingerprint density at radius 1 is 0.857 bits per heavy atom. The molecule has 104 valence electrons. The number of carbonyl (C=O) groups excluding carboxylic acids is 1. The van der Waals surface area contributed by atoms with Crippen molar-refractivity contribution in [2.24, 2.45) is 0 Å². The minimum atomic E-state index is -0.727. The molecule has 0 saturated carbocycles. The lowest BCUT2D eigenvalue weighted by molar-refractivity contribution is 0.0993. The first-order chi connectivity index (χ1) is 10.1. The van der Waals surface area contributed by atoms with Crippen LogP contribution in [0.4, 0.5) is 0 Å². The van der Waals surface area contributed by atoms with Crippen LogP contribution in [0.25, 0.3) is 11.0 Å². The SMILES string of the molecule is O=C(Cc1ccccc1)c1ccc2[nH]c(=O)c(=O)[nH]c2c1. The Bertz CT molecular complexity index is 923. The Morgan fingerprint density at radius 2 is 1.52 bits per heavy atom. The molecule has 0 bridgehead atoms. The third-order valence-electron chi connectivity index (χ3n) is 3.25. The van der Waals surface area contributed by atoms with E-state index >= 15 is 0 Å². The van der Waals surface area contributed by atoms with Gasteiger partial charge in [-0.05, 0) is 23.8 Å². The maximum absolute atomic E-state index is 12.2. The standard InChI is InChI=1S/C16H12N2O3/c19-14(8-10-4-2-1-3-5-10)11-6-7-12-13(9-11)18-16(21)15(20)17-12/h1-7,9H,8H2,(H,17,20)(H,18,21). The monoisotopic (exact) mass is 280 g/mol. The number of hydrogen-bond acceptors (Lipinski definition) is 3. The molecule has 0 unspecified atom stereocenters. The first-order valence-corrected chi connectivity index (χ1v) is 6.47. The Kier molecular flexibility index (Phi) is 3.23. The normalized spacial score (nSPS) is 10.7. The van der Waals surface area contributed by atoms with Gasteiger partial charge >= 0.3 is 11.1 Å². The van der Waals surface area contributed by atoms with Gasteiger partial charge in [0.2, 0.25) is 0 Å². The molecule has 1 heterocycles. The second-order valence-corrected chi connectivity index (χ2v) is 4.75. The molecular formula is C16H12N2O3. The van der Waals surface area contributed by atoms with Crippen molar-refractivity contribution in [1.29, 1.82) is 0 Å². The predicted molar refractivity (Wildman–Crippen MR) is 79.7 cm³/mol. The van der Waals surface area contributed by atoms with Crippen LogP contribution in [0.15, 0.2) is 58.1 Å². The minimum Gasteiger partial charge on any atom is -0.316 e. The summed E-state index contributed by atoms with van der Waals surface area (Å²) < 4.78 is 0. The van der Waals surface area contributed by atoms with Gasteiger partial charge in [0.25, 0.3) is 0 Å². The van der Waals surface area contributed by atoms with Gasteiger partial charge in [0.1, 0.15) is 0 Å². The number of ketones is 1. The molecular weight excluding hydrogens is 268 g/mol. The highest BCUT2D eigenvalue weighted by Crippen LogP contribution is 2.12. The lowest BCUT2D eigenvalue weighted by Crippen LogP contribution is -2.28. The molecule has 5 heteroatoms. The van der Waals surface area contributed by atoms with Crippen LogP contribution >= 0.6 is 0 Å². The van der Waals surface area contributed by atoms with Gasteiger partial charge < -0.3 is 9.97 Å². The van der Waals surface area contributed by atoms with E-state index < -0.39 is 11.1 Å². The van der Waals surface area contributed by atoms with E-state index in [-0.39, 0.29) is 5.78 Å². The summed E-state index contributed by atoms with van der Waals surface area (Å²) in [5.74, 6) is -0.0462. The van der Waals surface area contributed by atoms with Gasteiger partial charge in [-0.1, -0.05) is 30.3 Å². The average Bonchev–Trinajstić information content (AvgIpc) is 2.49. The Labute approximate surface area is 119 Å². The lowest BCUT2D eigenvalue weighted by Gasteiger charge is -2.03. The van der Waals surface area contributed by atoms with Crippen LogP contribution in [-0.4, -0.2) is 15.8 Å². The maximum Gasteiger partial charge on any atom is 0.314 e. The summed E-state index contributed by atoms with van der Waals surface area (Å²) in [7, 11) is 0. The summed E-state index contributed by atoms with van der Waals surface area (Å²) in [4.78, 5) is 39.7. The average molecular weight is 280 g/mol. The van der Waals surface area contributed by atoms with Crippen molar-refractivity contribution in [2.45, 2.75) is 6.42 Å². The summed E-state index contributed by atoms with van der Waals surface area (Å²) in [5, 5.41) is 0. The van der Waals surface area contributed by atoms with E-state index in [1.54, 1.807) is 18.2 Å². The van der Waals surface area contributed by atoms with Gasteiger partial charge in [-0.3, -0.25) is 14.4 Å². The highest BCUT2D eigenvalue weighted by Gasteiger charge is 2.09. The predicted octanol–water partition coefficient (Wildman–Crippen LogP) is 1.64. The molecule has 0 radical (unpaired) electrons. The van der Waals surface area contributed by atoms with Gasteiger partial charge in [-0.2, -0.15) is 0 Å². The fourth-order valence-electron chi connectivity index (χ4n) is 2.17. The van der Waals surface area contributed by atoms with Crippen molar-refractivity contribution >= 4 is 16.8 Å². The van der Waals surface area contributed by atoms with Gasteiger partial charge in [0, 0.05) is 12.0 Å². The van der Waals surface area contributed by atoms with E-state index in [2.05, 4.69) is 9.97 Å². The molecule has 0 fully saturated rings. The number of aromatic nitrogens is 2. The van der Waals surface area contributed by atoms with Crippen molar-refractivity contribution in [3.8, 4) is 0 Å².